The molecular formula is C13H11Cl2NOS. The number of benzene rings is 1. The highest BCUT2D eigenvalue weighted by Crippen LogP contribution is 2.20. The molecule has 0 amide bonds. The van der Waals surface area contributed by atoms with Gasteiger partial charge in [-0.25, -0.2) is 0 Å². The van der Waals surface area contributed by atoms with Crippen molar-refractivity contribution in [2.45, 2.75) is 11.3 Å². The van der Waals surface area contributed by atoms with Crippen LogP contribution in [-0.2, 0) is 6.42 Å². The van der Waals surface area contributed by atoms with Crippen LogP contribution in [0, 0.1) is 0 Å². The lowest BCUT2D eigenvalue weighted by molar-refractivity contribution is 1.14. The summed E-state index contributed by atoms with van der Waals surface area (Å²) in [4.78, 5) is 14.7. The molecule has 18 heavy (non-hydrogen) atoms. The Morgan fingerprint density at radius 3 is 2.56 bits per heavy atom. The fourth-order valence-corrected chi connectivity index (χ4v) is 2.74. The van der Waals surface area contributed by atoms with Gasteiger partial charge in [-0.15, -0.1) is 11.8 Å². The predicted octanol–water partition coefficient (Wildman–Crippen LogP) is 4.02. The number of nitrogens with one attached hydrogen (secondary N) is 1. The van der Waals surface area contributed by atoms with Gasteiger partial charge in [0.15, 0.2) is 0 Å². The summed E-state index contributed by atoms with van der Waals surface area (Å²) in [5.74, 6) is 0.921. The maximum Gasteiger partial charge on any atom is 0.266 e. The van der Waals surface area contributed by atoms with E-state index in [0.717, 1.165) is 22.1 Å². The van der Waals surface area contributed by atoms with Gasteiger partial charge in [0.1, 0.15) is 5.02 Å². The van der Waals surface area contributed by atoms with Crippen LogP contribution in [0.2, 0.25) is 10.0 Å². The quantitative estimate of drug-likeness (QED) is 0.865. The number of hydrogen-bond acceptors (Lipinski definition) is 2. The molecule has 0 aliphatic heterocycles. The topological polar surface area (TPSA) is 32.9 Å². The number of H-pyrrole nitrogens is 1. The minimum Gasteiger partial charge on any atom is -0.327 e. The molecule has 5 heteroatoms. The Labute approximate surface area is 119 Å². The zero-order valence-corrected chi connectivity index (χ0v) is 11.8. The number of aryl methyl sites for hydroxylation is 1. The highest BCUT2D eigenvalue weighted by molar-refractivity contribution is 7.99. The SMILES string of the molecule is O=c1[nH]cc(SCCc2ccc(Cl)cc2)cc1Cl. The molecule has 0 atom stereocenters. The number of hydrogen-bond donors (Lipinski definition) is 1. The molecule has 1 aromatic carbocycles. The average Bonchev–Trinajstić information content (AvgIpc) is 2.36. The summed E-state index contributed by atoms with van der Waals surface area (Å²) in [7, 11) is 0. The Kier molecular flexibility index (Phi) is 4.75. The van der Waals surface area contributed by atoms with Crippen molar-refractivity contribution in [3.05, 3.63) is 62.5 Å². The number of halogens is 2. The first-order valence-electron chi connectivity index (χ1n) is 5.40. The van der Waals surface area contributed by atoms with Crippen LogP contribution in [0.25, 0.3) is 0 Å². The van der Waals surface area contributed by atoms with Crippen LogP contribution >= 0.6 is 35.0 Å². The molecular weight excluding hydrogens is 289 g/mol. The highest BCUT2D eigenvalue weighted by Gasteiger charge is 2.00. The van der Waals surface area contributed by atoms with E-state index in [-0.39, 0.29) is 10.6 Å². The molecule has 0 unspecified atom stereocenters. The normalized spacial score (nSPS) is 10.6. The third-order valence-corrected chi connectivity index (χ3v) is 3.91. The van der Waals surface area contributed by atoms with Gasteiger partial charge in [0.2, 0.25) is 0 Å². The first kappa shape index (κ1) is 13.5. The smallest absolute Gasteiger partial charge is 0.266 e. The maximum absolute atomic E-state index is 11.1. The fraction of sp³-hybridized carbons (Fsp3) is 0.154. The van der Waals surface area contributed by atoms with Gasteiger partial charge in [0.05, 0.1) is 0 Å². The Hall–Kier alpha value is -0.900. The van der Waals surface area contributed by atoms with Crippen molar-refractivity contribution >= 4 is 35.0 Å². The Bertz CT molecular complexity index is 580. The largest absolute Gasteiger partial charge is 0.327 e. The molecule has 2 rings (SSSR count). The van der Waals surface area contributed by atoms with E-state index in [9.17, 15) is 4.79 Å². The summed E-state index contributed by atoms with van der Waals surface area (Å²) in [6, 6.07) is 9.50. The van der Waals surface area contributed by atoms with Crippen LogP contribution in [0.1, 0.15) is 5.56 Å². The zero-order valence-electron chi connectivity index (χ0n) is 9.45. The van der Waals surface area contributed by atoms with Crippen molar-refractivity contribution in [2.24, 2.45) is 0 Å². The van der Waals surface area contributed by atoms with E-state index in [0.29, 0.717) is 0 Å². The lowest BCUT2D eigenvalue weighted by Crippen LogP contribution is -2.04. The summed E-state index contributed by atoms with van der Waals surface area (Å²) in [6.45, 7) is 0. The number of pyridine rings is 1. The van der Waals surface area contributed by atoms with E-state index in [1.807, 2.05) is 24.3 Å². The van der Waals surface area contributed by atoms with Gasteiger partial charge < -0.3 is 4.98 Å². The summed E-state index contributed by atoms with van der Waals surface area (Å²) in [5, 5.41) is 0.977. The standard InChI is InChI=1S/C13H11Cl2NOS/c14-10-3-1-9(2-4-10)5-6-18-11-7-12(15)13(17)16-8-11/h1-4,7-8H,5-6H2,(H,16,17). The van der Waals surface area contributed by atoms with Crippen LogP contribution < -0.4 is 5.56 Å². The number of aromatic nitrogens is 1. The number of aromatic amines is 1. The average molecular weight is 300 g/mol. The zero-order chi connectivity index (χ0) is 13.0. The molecule has 1 heterocycles. The Morgan fingerprint density at radius 2 is 1.89 bits per heavy atom. The Balaban J connectivity index is 1.90. The van der Waals surface area contributed by atoms with Crippen LogP contribution in [0.5, 0.6) is 0 Å². The van der Waals surface area contributed by atoms with Crippen molar-refractivity contribution in [2.75, 3.05) is 5.75 Å². The van der Waals surface area contributed by atoms with Crippen LogP contribution in [0.15, 0.2) is 46.2 Å². The van der Waals surface area contributed by atoms with Crippen molar-refractivity contribution in [3.63, 3.8) is 0 Å². The molecule has 1 aromatic heterocycles. The lowest BCUT2D eigenvalue weighted by atomic mass is 10.2. The van der Waals surface area contributed by atoms with Gasteiger partial charge in [-0.1, -0.05) is 35.3 Å². The van der Waals surface area contributed by atoms with Crippen molar-refractivity contribution in [3.8, 4) is 0 Å². The van der Waals surface area contributed by atoms with Gasteiger partial charge >= 0.3 is 0 Å². The summed E-state index contributed by atoms with van der Waals surface area (Å²) < 4.78 is 0. The molecule has 0 saturated carbocycles. The van der Waals surface area contributed by atoms with E-state index in [2.05, 4.69) is 4.98 Å². The predicted molar refractivity (Wildman–Crippen MR) is 78.0 cm³/mol. The van der Waals surface area contributed by atoms with Crippen molar-refractivity contribution in [1.82, 2.24) is 4.98 Å². The minimum atomic E-state index is -0.251. The molecule has 0 saturated heterocycles. The van der Waals surface area contributed by atoms with Gasteiger partial charge in [-0.05, 0) is 30.2 Å². The number of rotatable bonds is 4. The van der Waals surface area contributed by atoms with Crippen LogP contribution in [0.3, 0.4) is 0 Å². The van der Waals surface area contributed by atoms with E-state index in [1.165, 1.54) is 5.56 Å². The molecule has 0 radical (unpaired) electrons. The van der Waals surface area contributed by atoms with Gasteiger partial charge in [-0.2, -0.15) is 0 Å². The van der Waals surface area contributed by atoms with Crippen molar-refractivity contribution in [1.29, 1.82) is 0 Å². The number of thioether (sulfide) groups is 1. The molecule has 0 aliphatic carbocycles. The summed E-state index contributed by atoms with van der Waals surface area (Å²) in [6.07, 6.45) is 2.62. The molecule has 2 aromatic rings. The molecule has 1 N–H and O–H groups in total. The first-order chi connectivity index (χ1) is 8.65. The van der Waals surface area contributed by atoms with E-state index >= 15 is 0 Å². The molecule has 0 spiro atoms. The van der Waals surface area contributed by atoms with E-state index in [1.54, 1.807) is 24.0 Å². The fourth-order valence-electron chi connectivity index (χ4n) is 1.46. The molecule has 0 fully saturated rings. The van der Waals surface area contributed by atoms with Crippen LogP contribution in [-0.4, -0.2) is 10.7 Å². The van der Waals surface area contributed by atoms with Crippen molar-refractivity contribution < 1.29 is 0 Å². The van der Waals surface area contributed by atoms with Gasteiger partial charge in [-0.3, -0.25) is 4.79 Å². The highest BCUT2D eigenvalue weighted by atomic mass is 35.5. The summed E-state index contributed by atoms with van der Waals surface area (Å²) >= 11 is 13.2. The van der Waals surface area contributed by atoms with Gasteiger partial charge in [0, 0.05) is 21.9 Å². The molecule has 0 aliphatic rings. The Morgan fingerprint density at radius 1 is 1.17 bits per heavy atom. The third kappa shape index (κ3) is 3.80. The molecule has 0 bridgehead atoms. The van der Waals surface area contributed by atoms with E-state index < -0.39 is 0 Å². The summed E-state index contributed by atoms with van der Waals surface area (Å²) in [5.41, 5.74) is 0.987. The molecule has 94 valence electrons. The minimum absolute atomic E-state index is 0.228. The van der Waals surface area contributed by atoms with Gasteiger partial charge in [0.25, 0.3) is 5.56 Å². The second kappa shape index (κ2) is 6.32. The lowest BCUT2D eigenvalue weighted by Gasteiger charge is -2.02. The first-order valence-corrected chi connectivity index (χ1v) is 7.15. The molecule has 2 nitrogen and oxygen atoms in total. The monoisotopic (exact) mass is 299 g/mol. The third-order valence-electron chi connectivity index (χ3n) is 2.40. The second-order valence-corrected chi connectivity index (χ2v) is 5.75. The van der Waals surface area contributed by atoms with E-state index in [4.69, 9.17) is 23.2 Å². The van der Waals surface area contributed by atoms with Crippen LogP contribution in [0.4, 0.5) is 0 Å². The second-order valence-electron chi connectivity index (χ2n) is 3.74. The maximum atomic E-state index is 11.1.